The number of nitrogens with one attached hydrogen (secondary N) is 1. The molecule has 1 aromatic rings. The molecule has 2 N–H and O–H groups in total. The molecule has 0 aromatic heterocycles. The summed E-state index contributed by atoms with van der Waals surface area (Å²) in [6, 6.07) is 6.06. The van der Waals surface area contributed by atoms with Crippen molar-refractivity contribution in [3.63, 3.8) is 0 Å². The molecule has 0 saturated carbocycles. The van der Waals surface area contributed by atoms with E-state index in [1.165, 1.54) is 17.0 Å². The van der Waals surface area contributed by atoms with E-state index >= 15 is 0 Å². The van der Waals surface area contributed by atoms with Gasteiger partial charge >= 0.3 is 5.97 Å². The van der Waals surface area contributed by atoms with Gasteiger partial charge in [0.1, 0.15) is 0 Å². The van der Waals surface area contributed by atoms with E-state index in [1.54, 1.807) is 12.1 Å². The Morgan fingerprint density at radius 3 is 2.57 bits per heavy atom. The number of carboxylic acids is 1. The van der Waals surface area contributed by atoms with Crippen LogP contribution in [0.4, 0.5) is 10.5 Å². The molecular formula is C14H16N2O4S. The largest absolute Gasteiger partial charge is 0.478 e. The number of thioether (sulfide) groups is 1. The fourth-order valence-electron chi connectivity index (χ4n) is 1.92. The SMILES string of the molecule is CCCCN1C(=O)SC(Nc2ccc(C(=O)O)cc2)C1=O. The van der Waals surface area contributed by atoms with Crippen molar-refractivity contribution < 1.29 is 19.5 Å². The lowest BCUT2D eigenvalue weighted by atomic mass is 10.2. The van der Waals surface area contributed by atoms with Crippen molar-refractivity contribution in [3.05, 3.63) is 29.8 Å². The molecule has 1 aliphatic rings. The number of amides is 2. The molecule has 1 fully saturated rings. The number of anilines is 1. The number of hydrogen-bond donors (Lipinski definition) is 2. The van der Waals surface area contributed by atoms with Gasteiger partial charge in [-0.15, -0.1) is 0 Å². The van der Waals surface area contributed by atoms with Gasteiger partial charge in [-0.2, -0.15) is 0 Å². The molecule has 1 aliphatic heterocycles. The fraction of sp³-hybridized carbons (Fsp3) is 0.357. The van der Waals surface area contributed by atoms with E-state index in [9.17, 15) is 14.4 Å². The average molecular weight is 308 g/mol. The topological polar surface area (TPSA) is 86.7 Å². The average Bonchev–Trinajstić information content (AvgIpc) is 2.72. The number of hydrogen-bond acceptors (Lipinski definition) is 5. The Kier molecular flexibility index (Phi) is 4.85. The number of imide groups is 1. The number of carboxylic acid groups (broad SMARTS) is 1. The van der Waals surface area contributed by atoms with Gasteiger partial charge in [-0.1, -0.05) is 13.3 Å². The molecule has 21 heavy (non-hydrogen) atoms. The first-order valence-corrected chi connectivity index (χ1v) is 7.52. The molecule has 1 saturated heterocycles. The highest BCUT2D eigenvalue weighted by atomic mass is 32.2. The van der Waals surface area contributed by atoms with Crippen molar-refractivity contribution >= 4 is 34.6 Å². The first-order chi connectivity index (χ1) is 10.0. The monoisotopic (exact) mass is 308 g/mol. The normalized spacial score (nSPS) is 18.1. The number of unbranched alkanes of at least 4 members (excludes halogenated alkanes) is 1. The Labute approximate surface area is 126 Å². The van der Waals surface area contributed by atoms with Crippen molar-refractivity contribution in [3.8, 4) is 0 Å². The zero-order valence-electron chi connectivity index (χ0n) is 11.5. The lowest BCUT2D eigenvalue weighted by Gasteiger charge is -2.14. The van der Waals surface area contributed by atoms with Crippen molar-refractivity contribution in [1.29, 1.82) is 0 Å². The number of rotatable bonds is 6. The van der Waals surface area contributed by atoms with Gasteiger partial charge in [-0.05, 0) is 42.4 Å². The minimum absolute atomic E-state index is 0.173. The quantitative estimate of drug-likeness (QED) is 0.840. The summed E-state index contributed by atoms with van der Waals surface area (Å²) in [6.45, 7) is 2.44. The summed E-state index contributed by atoms with van der Waals surface area (Å²) in [6.07, 6.45) is 1.70. The van der Waals surface area contributed by atoms with Crippen LogP contribution >= 0.6 is 11.8 Å². The van der Waals surface area contributed by atoms with E-state index in [1.807, 2.05) is 6.92 Å². The third-order valence-electron chi connectivity index (χ3n) is 3.09. The van der Waals surface area contributed by atoms with Crippen LogP contribution in [0.2, 0.25) is 0 Å². The van der Waals surface area contributed by atoms with Crippen LogP contribution in [-0.4, -0.2) is 39.0 Å². The second-order valence-corrected chi connectivity index (χ2v) is 5.69. The summed E-state index contributed by atoms with van der Waals surface area (Å²) >= 11 is 0.948. The number of nitrogens with zero attached hydrogens (tertiary/aromatic N) is 1. The first-order valence-electron chi connectivity index (χ1n) is 6.65. The van der Waals surface area contributed by atoms with Gasteiger partial charge in [-0.25, -0.2) is 4.79 Å². The van der Waals surface area contributed by atoms with Gasteiger partial charge in [0.25, 0.3) is 11.1 Å². The maximum absolute atomic E-state index is 12.1. The van der Waals surface area contributed by atoms with E-state index in [0.717, 1.165) is 24.6 Å². The van der Waals surface area contributed by atoms with Gasteiger partial charge in [0.05, 0.1) is 5.56 Å². The third-order valence-corrected chi connectivity index (χ3v) is 4.07. The van der Waals surface area contributed by atoms with Crippen LogP contribution in [0, 0.1) is 0 Å². The number of aromatic carboxylic acids is 1. The molecule has 0 aliphatic carbocycles. The van der Waals surface area contributed by atoms with Gasteiger partial charge in [0, 0.05) is 12.2 Å². The Balaban J connectivity index is 2.01. The predicted molar refractivity (Wildman–Crippen MR) is 80.4 cm³/mol. The number of carbonyl (C=O) groups is 3. The zero-order chi connectivity index (χ0) is 15.4. The molecule has 1 aromatic carbocycles. The van der Waals surface area contributed by atoms with Crippen LogP contribution in [0.5, 0.6) is 0 Å². The highest BCUT2D eigenvalue weighted by molar-refractivity contribution is 8.15. The third kappa shape index (κ3) is 3.55. The second-order valence-electron chi connectivity index (χ2n) is 4.63. The predicted octanol–water partition coefficient (Wildman–Crippen LogP) is 2.62. The Bertz CT molecular complexity index is 559. The van der Waals surface area contributed by atoms with Crippen LogP contribution < -0.4 is 5.32 Å². The van der Waals surface area contributed by atoms with E-state index in [2.05, 4.69) is 5.32 Å². The summed E-state index contributed by atoms with van der Waals surface area (Å²) in [5.41, 5.74) is 0.780. The second kappa shape index (κ2) is 6.62. The minimum Gasteiger partial charge on any atom is -0.478 e. The highest BCUT2D eigenvalue weighted by Gasteiger charge is 2.39. The van der Waals surface area contributed by atoms with Gasteiger partial charge < -0.3 is 10.4 Å². The summed E-state index contributed by atoms with van der Waals surface area (Å²) in [7, 11) is 0. The van der Waals surface area contributed by atoms with E-state index < -0.39 is 11.3 Å². The molecule has 7 heteroatoms. The maximum atomic E-state index is 12.1. The molecule has 0 radical (unpaired) electrons. The smallest absolute Gasteiger partial charge is 0.335 e. The van der Waals surface area contributed by atoms with Crippen LogP contribution in [0.1, 0.15) is 30.1 Å². The van der Waals surface area contributed by atoms with Crippen LogP contribution in [0.15, 0.2) is 24.3 Å². The molecule has 2 rings (SSSR count). The molecular weight excluding hydrogens is 292 g/mol. The van der Waals surface area contributed by atoms with Gasteiger partial charge in [0.2, 0.25) is 0 Å². The molecule has 0 bridgehead atoms. The van der Waals surface area contributed by atoms with Crippen molar-refractivity contribution in [2.45, 2.75) is 25.1 Å². The Morgan fingerprint density at radius 1 is 1.33 bits per heavy atom. The van der Waals surface area contributed by atoms with E-state index in [0.29, 0.717) is 12.2 Å². The molecule has 6 nitrogen and oxygen atoms in total. The number of carbonyl (C=O) groups excluding carboxylic acids is 2. The summed E-state index contributed by atoms with van der Waals surface area (Å²) < 4.78 is 0. The lowest BCUT2D eigenvalue weighted by molar-refractivity contribution is -0.126. The fourth-order valence-corrected chi connectivity index (χ4v) is 2.85. The van der Waals surface area contributed by atoms with Crippen LogP contribution in [0.25, 0.3) is 0 Å². The summed E-state index contributed by atoms with van der Waals surface area (Å²) in [5, 5.41) is 10.9. The van der Waals surface area contributed by atoms with E-state index in [4.69, 9.17) is 5.11 Å². The van der Waals surface area contributed by atoms with Crippen molar-refractivity contribution in [1.82, 2.24) is 4.90 Å². The molecule has 1 atom stereocenters. The number of benzene rings is 1. The van der Waals surface area contributed by atoms with Gasteiger partial charge in [0.15, 0.2) is 5.37 Å². The van der Waals surface area contributed by atoms with Crippen molar-refractivity contribution in [2.24, 2.45) is 0 Å². The summed E-state index contributed by atoms with van der Waals surface area (Å²) in [5.74, 6) is -1.26. The standard InChI is InChI=1S/C14H16N2O4S/c1-2-3-8-16-12(17)11(21-14(16)20)15-10-6-4-9(5-7-10)13(18)19/h4-7,11,15H,2-3,8H2,1H3,(H,18,19). The van der Waals surface area contributed by atoms with E-state index in [-0.39, 0.29) is 16.7 Å². The minimum atomic E-state index is -1.01. The molecule has 2 amide bonds. The molecule has 0 spiro atoms. The highest BCUT2D eigenvalue weighted by Crippen LogP contribution is 2.28. The first kappa shape index (κ1) is 15.4. The zero-order valence-corrected chi connectivity index (χ0v) is 12.4. The van der Waals surface area contributed by atoms with Crippen LogP contribution in [-0.2, 0) is 4.79 Å². The van der Waals surface area contributed by atoms with Crippen molar-refractivity contribution in [2.75, 3.05) is 11.9 Å². The van der Waals surface area contributed by atoms with Gasteiger partial charge in [-0.3, -0.25) is 14.5 Å². The molecule has 1 unspecified atom stereocenters. The van der Waals surface area contributed by atoms with Crippen LogP contribution in [0.3, 0.4) is 0 Å². The Hall–Kier alpha value is -2.02. The Morgan fingerprint density at radius 2 is 2.00 bits per heavy atom. The maximum Gasteiger partial charge on any atom is 0.335 e. The molecule has 1 heterocycles. The molecule has 112 valence electrons. The summed E-state index contributed by atoms with van der Waals surface area (Å²) in [4.78, 5) is 35.9. The lowest BCUT2D eigenvalue weighted by Crippen LogP contribution is -2.35.